The van der Waals surface area contributed by atoms with Crippen LogP contribution in [0.2, 0.25) is 0 Å². The molecule has 1 aromatic rings. The van der Waals surface area contributed by atoms with Gasteiger partial charge in [-0.05, 0) is 17.5 Å². The number of carbonyl (C=O) groups excluding carboxylic acids is 1. The summed E-state index contributed by atoms with van der Waals surface area (Å²) in [6.07, 6.45) is 0. The number of benzene rings is 1. The van der Waals surface area contributed by atoms with Crippen molar-refractivity contribution in [3.05, 3.63) is 30.3 Å². The van der Waals surface area contributed by atoms with Crippen LogP contribution in [0, 0.1) is 5.41 Å². The van der Waals surface area contributed by atoms with Crippen LogP contribution in [-0.4, -0.2) is 28.8 Å². The zero-order valence-electron chi connectivity index (χ0n) is 11.3. The van der Waals surface area contributed by atoms with Crippen molar-refractivity contribution in [3.63, 3.8) is 0 Å². The van der Waals surface area contributed by atoms with Gasteiger partial charge in [-0.1, -0.05) is 39.0 Å². The minimum absolute atomic E-state index is 0.212. The quantitative estimate of drug-likeness (QED) is 0.813. The minimum atomic E-state index is -1.01. The Bertz CT molecular complexity index is 440. The van der Waals surface area contributed by atoms with Gasteiger partial charge in [0, 0.05) is 4.90 Å². The van der Waals surface area contributed by atoms with Crippen LogP contribution in [0.3, 0.4) is 0 Å². The lowest BCUT2D eigenvalue weighted by atomic mass is 9.87. The van der Waals surface area contributed by atoms with Crippen LogP contribution in [-0.2, 0) is 9.59 Å². The SMILES string of the molecule is CC(C)(C)C(NC(=O)CSc1ccccc1)C(=O)O. The standard InChI is InChI=1S/C14H19NO3S/c1-14(2,3)12(13(17)18)15-11(16)9-19-10-7-5-4-6-8-10/h4-8,12H,9H2,1-3H3,(H,15,16)(H,17,18). The Morgan fingerprint density at radius 3 is 2.32 bits per heavy atom. The van der Waals surface area contributed by atoms with Gasteiger partial charge in [0.2, 0.25) is 5.91 Å². The van der Waals surface area contributed by atoms with Crippen molar-refractivity contribution < 1.29 is 14.7 Å². The molecule has 0 aromatic heterocycles. The van der Waals surface area contributed by atoms with Gasteiger partial charge >= 0.3 is 5.97 Å². The molecule has 0 heterocycles. The van der Waals surface area contributed by atoms with Crippen LogP contribution < -0.4 is 5.32 Å². The summed E-state index contributed by atoms with van der Waals surface area (Å²) in [7, 11) is 0. The molecule has 0 radical (unpaired) electrons. The predicted molar refractivity (Wildman–Crippen MR) is 76.2 cm³/mol. The maximum absolute atomic E-state index is 11.8. The minimum Gasteiger partial charge on any atom is -0.480 e. The largest absolute Gasteiger partial charge is 0.480 e. The van der Waals surface area contributed by atoms with Gasteiger partial charge in [-0.25, -0.2) is 4.79 Å². The average molecular weight is 281 g/mol. The first-order valence-electron chi connectivity index (χ1n) is 6.00. The molecule has 19 heavy (non-hydrogen) atoms. The van der Waals surface area contributed by atoms with Gasteiger partial charge in [-0.15, -0.1) is 11.8 Å². The molecule has 0 saturated heterocycles. The van der Waals surface area contributed by atoms with Crippen molar-refractivity contribution >= 4 is 23.6 Å². The summed E-state index contributed by atoms with van der Waals surface area (Å²) in [6, 6.07) is 8.65. The Labute approximate surface area is 117 Å². The normalized spacial score (nSPS) is 12.8. The fourth-order valence-electron chi connectivity index (χ4n) is 1.52. The maximum atomic E-state index is 11.8. The zero-order valence-corrected chi connectivity index (χ0v) is 12.2. The van der Waals surface area contributed by atoms with Crippen molar-refractivity contribution in [3.8, 4) is 0 Å². The molecule has 5 heteroatoms. The number of aliphatic carboxylic acids is 1. The van der Waals surface area contributed by atoms with E-state index in [0.29, 0.717) is 0 Å². The van der Waals surface area contributed by atoms with Gasteiger partial charge in [0.05, 0.1) is 5.75 Å². The Hall–Kier alpha value is -1.49. The Morgan fingerprint density at radius 2 is 1.84 bits per heavy atom. The predicted octanol–water partition coefficient (Wildman–Crippen LogP) is 2.39. The molecule has 4 nitrogen and oxygen atoms in total. The highest BCUT2D eigenvalue weighted by Gasteiger charge is 2.32. The molecule has 0 aliphatic rings. The molecular formula is C14H19NO3S. The first-order chi connectivity index (χ1) is 8.80. The van der Waals surface area contributed by atoms with Gasteiger partial charge < -0.3 is 10.4 Å². The zero-order chi connectivity index (χ0) is 14.5. The van der Waals surface area contributed by atoms with E-state index in [4.69, 9.17) is 5.11 Å². The van der Waals surface area contributed by atoms with E-state index in [1.54, 1.807) is 20.8 Å². The van der Waals surface area contributed by atoms with Crippen LogP contribution in [0.1, 0.15) is 20.8 Å². The molecule has 0 saturated carbocycles. The van der Waals surface area contributed by atoms with Crippen molar-refractivity contribution in [2.24, 2.45) is 5.41 Å². The number of amides is 1. The van der Waals surface area contributed by atoms with Crippen molar-refractivity contribution in [1.29, 1.82) is 0 Å². The second-order valence-electron chi connectivity index (χ2n) is 5.31. The molecule has 104 valence electrons. The summed E-state index contributed by atoms with van der Waals surface area (Å²) in [6.45, 7) is 5.36. The van der Waals surface area contributed by atoms with Gasteiger partial charge in [0.25, 0.3) is 0 Å². The van der Waals surface area contributed by atoms with E-state index < -0.39 is 17.4 Å². The summed E-state index contributed by atoms with van der Waals surface area (Å²) in [5, 5.41) is 11.7. The van der Waals surface area contributed by atoms with E-state index >= 15 is 0 Å². The van der Waals surface area contributed by atoms with Gasteiger partial charge in [-0.3, -0.25) is 4.79 Å². The van der Waals surface area contributed by atoms with E-state index in [1.165, 1.54) is 11.8 Å². The van der Waals surface area contributed by atoms with E-state index in [-0.39, 0.29) is 11.7 Å². The average Bonchev–Trinajstić information content (AvgIpc) is 2.33. The molecule has 0 aliphatic carbocycles. The smallest absolute Gasteiger partial charge is 0.326 e. The van der Waals surface area contributed by atoms with Crippen molar-refractivity contribution in [2.75, 3.05) is 5.75 Å². The molecular weight excluding hydrogens is 262 g/mol. The summed E-state index contributed by atoms with van der Waals surface area (Å²) >= 11 is 1.39. The lowest BCUT2D eigenvalue weighted by Crippen LogP contribution is -2.49. The molecule has 2 N–H and O–H groups in total. The van der Waals surface area contributed by atoms with E-state index in [0.717, 1.165) is 4.90 Å². The van der Waals surface area contributed by atoms with E-state index in [1.807, 2.05) is 30.3 Å². The number of carbonyl (C=O) groups is 2. The third-order valence-electron chi connectivity index (χ3n) is 2.53. The molecule has 0 bridgehead atoms. The van der Waals surface area contributed by atoms with Crippen LogP contribution >= 0.6 is 11.8 Å². The lowest BCUT2D eigenvalue weighted by molar-refractivity contribution is -0.144. The van der Waals surface area contributed by atoms with E-state index in [2.05, 4.69) is 5.32 Å². The van der Waals surface area contributed by atoms with Gasteiger partial charge in [0.15, 0.2) is 0 Å². The lowest BCUT2D eigenvalue weighted by Gasteiger charge is -2.27. The van der Waals surface area contributed by atoms with Crippen LogP contribution in [0.25, 0.3) is 0 Å². The summed E-state index contributed by atoms with van der Waals surface area (Å²) in [5.74, 6) is -1.06. The molecule has 0 fully saturated rings. The third kappa shape index (κ3) is 5.34. The number of carboxylic acids is 1. The van der Waals surface area contributed by atoms with Crippen LogP contribution in [0.15, 0.2) is 35.2 Å². The van der Waals surface area contributed by atoms with E-state index in [9.17, 15) is 9.59 Å². The molecule has 1 unspecified atom stereocenters. The summed E-state index contributed by atoms with van der Waals surface area (Å²) in [5.41, 5.74) is -0.515. The number of carboxylic acid groups (broad SMARTS) is 1. The fraction of sp³-hybridized carbons (Fsp3) is 0.429. The molecule has 0 spiro atoms. The maximum Gasteiger partial charge on any atom is 0.326 e. The topological polar surface area (TPSA) is 66.4 Å². The molecule has 1 amide bonds. The fourth-order valence-corrected chi connectivity index (χ4v) is 2.25. The Balaban J connectivity index is 2.52. The van der Waals surface area contributed by atoms with Crippen molar-refractivity contribution in [2.45, 2.75) is 31.7 Å². The number of nitrogens with one attached hydrogen (secondary N) is 1. The first kappa shape index (κ1) is 15.6. The van der Waals surface area contributed by atoms with Crippen LogP contribution in [0.5, 0.6) is 0 Å². The first-order valence-corrected chi connectivity index (χ1v) is 6.99. The third-order valence-corrected chi connectivity index (χ3v) is 3.54. The highest BCUT2D eigenvalue weighted by molar-refractivity contribution is 8.00. The monoisotopic (exact) mass is 281 g/mol. The number of hydrogen-bond donors (Lipinski definition) is 2. The number of thioether (sulfide) groups is 1. The Kier molecular flexibility index (Phi) is 5.42. The van der Waals surface area contributed by atoms with Gasteiger partial charge in [0.1, 0.15) is 6.04 Å². The summed E-state index contributed by atoms with van der Waals surface area (Å²) < 4.78 is 0. The molecule has 1 atom stereocenters. The highest BCUT2D eigenvalue weighted by Crippen LogP contribution is 2.20. The van der Waals surface area contributed by atoms with Gasteiger partial charge in [-0.2, -0.15) is 0 Å². The molecule has 1 rings (SSSR count). The Morgan fingerprint density at radius 1 is 1.26 bits per heavy atom. The highest BCUT2D eigenvalue weighted by atomic mass is 32.2. The van der Waals surface area contributed by atoms with Crippen molar-refractivity contribution in [1.82, 2.24) is 5.32 Å². The second-order valence-corrected chi connectivity index (χ2v) is 6.36. The summed E-state index contributed by atoms with van der Waals surface area (Å²) in [4.78, 5) is 23.9. The second kappa shape index (κ2) is 6.61. The molecule has 0 aliphatic heterocycles. The molecule has 1 aromatic carbocycles. The number of hydrogen-bond acceptors (Lipinski definition) is 3. The number of rotatable bonds is 5. The van der Waals surface area contributed by atoms with Crippen LogP contribution in [0.4, 0.5) is 0 Å².